The molecule has 4 atom stereocenters. The maximum absolute atomic E-state index is 13.0. The second-order valence-corrected chi connectivity index (χ2v) is 12.9. The van der Waals surface area contributed by atoms with E-state index in [9.17, 15) is 24.0 Å². The summed E-state index contributed by atoms with van der Waals surface area (Å²) in [6, 6.07) is 26.4. The van der Waals surface area contributed by atoms with Crippen LogP contribution in [-0.2, 0) is 50.9 Å². The lowest BCUT2D eigenvalue weighted by Gasteiger charge is -2.17. The molecule has 2 aliphatic rings. The van der Waals surface area contributed by atoms with Crippen LogP contribution >= 0.6 is 0 Å². The van der Waals surface area contributed by atoms with Gasteiger partial charge in [-0.1, -0.05) is 30.8 Å². The van der Waals surface area contributed by atoms with Gasteiger partial charge in [-0.05, 0) is 96.8 Å². The van der Waals surface area contributed by atoms with Gasteiger partial charge < -0.3 is 42.6 Å². The third-order valence-corrected chi connectivity index (χ3v) is 9.03. The van der Waals surface area contributed by atoms with Gasteiger partial charge in [0.05, 0.1) is 31.5 Å². The van der Waals surface area contributed by atoms with E-state index in [1.54, 1.807) is 31.4 Å². The molecule has 57 heavy (non-hydrogen) atoms. The Balaban J connectivity index is 0.897. The molecule has 0 aliphatic carbocycles. The molecular formula is C43H40O14. The number of methoxy groups -OCH3 is 1. The molecule has 296 valence electrons. The number of rotatable bonds is 17. The summed E-state index contributed by atoms with van der Waals surface area (Å²) in [6.45, 7) is 3.16. The number of ether oxygens (including phenoxy) is 9. The summed E-state index contributed by atoms with van der Waals surface area (Å²) in [4.78, 5) is 61.8. The highest BCUT2D eigenvalue weighted by molar-refractivity contribution is 5.90. The van der Waals surface area contributed by atoms with Gasteiger partial charge in [0.2, 0.25) is 6.79 Å². The summed E-state index contributed by atoms with van der Waals surface area (Å²) in [5.41, 5.74) is 2.32. The molecule has 14 heteroatoms. The number of hydrogen-bond acceptors (Lipinski definition) is 14. The molecule has 2 saturated heterocycles. The fourth-order valence-electron chi connectivity index (χ4n) is 5.98. The van der Waals surface area contributed by atoms with Crippen molar-refractivity contribution in [1.82, 2.24) is 0 Å². The first-order chi connectivity index (χ1) is 27.7. The molecule has 4 unspecified atom stereocenters. The first-order valence-electron chi connectivity index (χ1n) is 18.1. The van der Waals surface area contributed by atoms with Crippen LogP contribution in [0.25, 0.3) is 0 Å². The van der Waals surface area contributed by atoms with Gasteiger partial charge in [0.15, 0.2) is 12.2 Å². The normalized spacial score (nSPS) is 18.1. The molecule has 4 aromatic rings. The third kappa shape index (κ3) is 11.3. The topological polar surface area (TPSA) is 168 Å². The Labute approximate surface area is 328 Å². The predicted molar refractivity (Wildman–Crippen MR) is 200 cm³/mol. The summed E-state index contributed by atoms with van der Waals surface area (Å²) in [7, 11) is 1.59. The zero-order valence-corrected chi connectivity index (χ0v) is 31.0. The minimum atomic E-state index is -0.738. The van der Waals surface area contributed by atoms with Crippen LogP contribution in [-0.4, -0.2) is 81.4 Å². The van der Waals surface area contributed by atoms with Crippen LogP contribution in [0.5, 0.6) is 23.0 Å². The van der Waals surface area contributed by atoms with Gasteiger partial charge >= 0.3 is 29.8 Å². The number of hydrogen-bond donors (Lipinski definition) is 0. The Bertz CT molecular complexity index is 2020. The number of esters is 5. The van der Waals surface area contributed by atoms with E-state index in [4.69, 9.17) is 42.6 Å². The predicted octanol–water partition coefficient (Wildman–Crippen LogP) is 5.39. The quantitative estimate of drug-likeness (QED) is 0.0440. The summed E-state index contributed by atoms with van der Waals surface area (Å²) in [5.74, 6) is -0.901. The lowest BCUT2D eigenvalue weighted by atomic mass is 10.1. The molecule has 0 spiro atoms. The molecule has 2 heterocycles. The monoisotopic (exact) mass is 780 g/mol. The van der Waals surface area contributed by atoms with E-state index in [1.165, 1.54) is 48.5 Å². The first-order valence-corrected chi connectivity index (χ1v) is 18.1. The zero-order valence-electron chi connectivity index (χ0n) is 31.0. The van der Waals surface area contributed by atoms with Crippen LogP contribution in [0.3, 0.4) is 0 Å². The van der Waals surface area contributed by atoms with E-state index < -0.39 is 54.3 Å². The van der Waals surface area contributed by atoms with Crippen LogP contribution in [0.4, 0.5) is 0 Å². The van der Waals surface area contributed by atoms with Crippen LogP contribution in [0.1, 0.15) is 44.7 Å². The summed E-state index contributed by atoms with van der Waals surface area (Å²) >= 11 is 0. The Morgan fingerprint density at radius 3 is 1.46 bits per heavy atom. The average molecular weight is 781 g/mol. The fourth-order valence-corrected chi connectivity index (χ4v) is 5.98. The Morgan fingerprint density at radius 1 is 0.614 bits per heavy atom. The zero-order chi connectivity index (χ0) is 40.1. The lowest BCUT2D eigenvalue weighted by Crippen LogP contribution is -2.36. The van der Waals surface area contributed by atoms with Gasteiger partial charge in [0.25, 0.3) is 0 Å². The third-order valence-electron chi connectivity index (χ3n) is 9.03. The molecule has 2 fully saturated rings. The Kier molecular flexibility index (Phi) is 13.7. The van der Waals surface area contributed by atoms with Crippen LogP contribution in [0.15, 0.2) is 110 Å². The Hall–Kier alpha value is -6.51. The summed E-state index contributed by atoms with van der Waals surface area (Å²) in [5, 5.41) is 0. The average Bonchev–Trinajstić information content (AvgIpc) is 3.82. The molecule has 0 N–H and O–H groups in total. The number of aryl methyl sites for hydroxylation is 2. The van der Waals surface area contributed by atoms with E-state index in [-0.39, 0.29) is 49.7 Å². The minimum absolute atomic E-state index is 0.0459. The van der Waals surface area contributed by atoms with Crippen LogP contribution in [0, 0.1) is 0 Å². The van der Waals surface area contributed by atoms with E-state index in [0.29, 0.717) is 24.3 Å². The van der Waals surface area contributed by atoms with Gasteiger partial charge in [-0.25, -0.2) is 14.4 Å². The van der Waals surface area contributed by atoms with Crippen molar-refractivity contribution in [3.05, 3.63) is 132 Å². The van der Waals surface area contributed by atoms with Gasteiger partial charge in [-0.2, -0.15) is 0 Å². The van der Waals surface area contributed by atoms with Crippen molar-refractivity contribution < 1.29 is 66.6 Å². The number of carbonyl (C=O) groups excluding carboxylic acids is 5. The molecular weight excluding hydrogens is 740 g/mol. The molecule has 4 aromatic carbocycles. The smallest absolute Gasteiger partial charge is 0.338 e. The minimum Gasteiger partial charge on any atom is -0.497 e. The highest BCUT2D eigenvalue weighted by Crippen LogP contribution is 2.32. The van der Waals surface area contributed by atoms with E-state index in [0.717, 1.165) is 23.0 Å². The first kappa shape index (κ1) is 40.2. The maximum atomic E-state index is 13.0. The molecule has 14 nitrogen and oxygen atoms in total. The highest BCUT2D eigenvalue weighted by Gasteiger charge is 2.51. The fraction of sp³-hybridized carbons (Fsp3) is 0.279. The van der Waals surface area contributed by atoms with Crippen molar-refractivity contribution in [2.75, 3.05) is 27.1 Å². The molecule has 0 saturated carbocycles. The molecule has 0 radical (unpaired) electrons. The number of fused-ring (bicyclic) bond motifs is 1. The Morgan fingerprint density at radius 2 is 1.04 bits per heavy atom. The van der Waals surface area contributed by atoms with Crippen molar-refractivity contribution in [3.63, 3.8) is 0 Å². The van der Waals surface area contributed by atoms with E-state index in [1.807, 2.05) is 24.3 Å². The molecule has 0 aromatic heterocycles. The maximum Gasteiger partial charge on any atom is 0.338 e. The van der Waals surface area contributed by atoms with Gasteiger partial charge in [0, 0.05) is 18.9 Å². The lowest BCUT2D eigenvalue weighted by molar-refractivity contribution is -0.144. The van der Waals surface area contributed by atoms with Crippen molar-refractivity contribution in [2.24, 2.45) is 0 Å². The van der Waals surface area contributed by atoms with E-state index >= 15 is 0 Å². The number of benzene rings is 4. The van der Waals surface area contributed by atoms with Crippen molar-refractivity contribution >= 4 is 29.8 Å². The van der Waals surface area contributed by atoms with Crippen LogP contribution in [0.2, 0.25) is 0 Å². The molecule has 0 bridgehead atoms. The molecule has 6 rings (SSSR count). The van der Waals surface area contributed by atoms with Crippen molar-refractivity contribution in [3.8, 4) is 23.0 Å². The van der Waals surface area contributed by atoms with Crippen molar-refractivity contribution in [2.45, 2.75) is 50.1 Å². The second-order valence-electron chi connectivity index (χ2n) is 12.9. The van der Waals surface area contributed by atoms with E-state index in [2.05, 4.69) is 6.58 Å². The number of carbonyl (C=O) groups is 5. The summed E-state index contributed by atoms with van der Waals surface area (Å²) < 4.78 is 49.1. The van der Waals surface area contributed by atoms with Crippen LogP contribution < -0.4 is 18.9 Å². The SMILES string of the molecule is C=CC(=O)OCOc1ccc(CCC(=O)Oc2ccc(C(=O)OC3COC4C(OC(=O)c5ccc(OC(=O)CCc6ccc(OC)cc6)cc5)COC34)cc2)cc1. The standard InChI is InChI=1S/C43H40O14/c1-3-37(44)53-26-52-32-16-6-28(7-17-32)9-23-39(46)55-34-20-12-30(13-21-34)43(48)57-36-25-51-40-35(24-50-41(36)40)56-42(47)29-10-18-33(19-11-29)54-38(45)22-8-27-4-14-31(49-2)15-5-27/h3-7,10-21,35-36,40-41H,1,8-9,22-26H2,2H3. The largest absolute Gasteiger partial charge is 0.497 e. The highest BCUT2D eigenvalue weighted by atomic mass is 16.7. The van der Waals surface area contributed by atoms with Gasteiger partial charge in [0.1, 0.15) is 35.2 Å². The molecule has 2 aliphatic heterocycles. The molecule has 0 amide bonds. The second kappa shape index (κ2) is 19.4. The van der Waals surface area contributed by atoms with Gasteiger partial charge in [-0.3, -0.25) is 9.59 Å². The van der Waals surface area contributed by atoms with Crippen molar-refractivity contribution in [1.29, 1.82) is 0 Å². The summed E-state index contributed by atoms with van der Waals surface area (Å²) in [6.07, 6.45) is -0.496. The van der Waals surface area contributed by atoms with Gasteiger partial charge in [-0.15, -0.1) is 0 Å².